The summed E-state index contributed by atoms with van der Waals surface area (Å²) >= 11 is 1.58. The number of thiazole rings is 1. The van der Waals surface area contributed by atoms with E-state index in [9.17, 15) is 24.6 Å². The second-order valence-corrected chi connectivity index (χ2v) is 17.7. The number of rotatable bonds is 12. The van der Waals surface area contributed by atoms with E-state index in [-0.39, 0.29) is 49.2 Å². The lowest BCUT2D eigenvalue weighted by Crippen LogP contribution is -2.59. The molecule has 0 bridgehead atoms. The van der Waals surface area contributed by atoms with Crippen LogP contribution in [0.15, 0.2) is 90.6 Å². The number of amides is 3. The number of aliphatic hydroxyl groups excluding tert-OH is 1. The predicted octanol–water partition coefficient (Wildman–Crippen LogP) is 6.16. The molecule has 4 atom stereocenters. The third-order valence-electron chi connectivity index (χ3n) is 11.3. The van der Waals surface area contributed by atoms with Gasteiger partial charge in [-0.3, -0.25) is 19.3 Å². The number of β-amino-alcohol motifs (C(OH)–C–C–N with tert-alkyl or cyclic N) is 1. The van der Waals surface area contributed by atoms with Crippen LogP contribution in [0.5, 0.6) is 11.5 Å². The molecule has 0 radical (unpaired) electrons. The van der Waals surface area contributed by atoms with Crippen LogP contribution in [0.4, 0.5) is 0 Å². The molecule has 5 aromatic rings. The number of nitrogens with one attached hydrogen (secondary N) is 2. The fraction of sp³-hybridized carbons (Fsp3) is 0.391. The maximum Gasteiger partial charge on any atom is 0.246 e. The fourth-order valence-corrected chi connectivity index (χ4v) is 8.69. The number of para-hydroxylation sites is 1. The van der Waals surface area contributed by atoms with Crippen LogP contribution in [0, 0.1) is 12.3 Å². The van der Waals surface area contributed by atoms with Gasteiger partial charge >= 0.3 is 0 Å². The van der Waals surface area contributed by atoms with Crippen molar-refractivity contribution < 1.29 is 29.3 Å². The first kappa shape index (κ1) is 42.4. The lowest BCUT2D eigenvalue weighted by Gasteiger charge is -2.36. The van der Waals surface area contributed by atoms with Crippen molar-refractivity contribution in [2.45, 2.75) is 84.2 Å². The molecule has 60 heavy (non-hydrogen) atoms. The molecule has 2 aliphatic heterocycles. The molecule has 14 heteroatoms. The fourth-order valence-electron chi connectivity index (χ4n) is 7.88. The van der Waals surface area contributed by atoms with Crippen LogP contribution in [-0.2, 0) is 14.4 Å². The number of phenols is 1. The standard InChI is InChI=1S/C46H53N7O6S/c1-28(30-10-12-32(13-11-30)42-29(2)47-27-60-42)49-44(57)39-23-34(54)25-53(39)45(58)43(46(3,4)5)50-41(56)26-52-20-18-36(19-21-52)59-35-16-14-31(15-17-35)33-22-38(51-48-24-33)37-8-6-7-9-40(37)55/h6-17,22,24,27-28,34,36,39,43,54-55H,18-21,23,25-26H2,1-5H3,(H,49,57)(H,50,56)/t28?,34-,39+,43?/m1/s1. The van der Waals surface area contributed by atoms with Crippen LogP contribution in [0.1, 0.15) is 64.3 Å². The van der Waals surface area contributed by atoms with Gasteiger partial charge in [-0.25, -0.2) is 4.98 Å². The van der Waals surface area contributed by atoms with E-state index in [1.54, 1.807) is 35.7 Å². The van der Waals surface area contributed by atoms with Gasteiger partial charge < -0.3 is 30.5 Å². The van der Waals surface area contributed by atoms with Crippen LogP contribution in [0.3, 0.4) is 0 Å². The van der Waals surface area contributed by atoms with Crippen molar-refractivity contribution in [2.24, 2.45) is 5.41 Å². The van der Waals surface area contributed by atoms with Gasteiger partial charge in [0.15, 0.2) is 0 Å². The Morgan fingerprint density at radius 2 is 1.65 bits per heavy atom. The summed E-state index contributed by atoms with van der Waals surface area (Å²) in [7, 11) is 0. The van der Waals surface area contributed by atoms with E-state index in [0.717, 1.165) is 51.4 Å². The van der Waals surface area contributed by atoms with Crippen molar-refractivity contribution in [3.63, 3.8) is 0 Å². The smallest absolute Gasteiger partial charge is 0.246 e. The molecule has 2 saturated heterocycles. The molecule has 3 aromatic carbocycles. The van der Waals surface area contributed by atoms with Gasteiger partial charge in [0.25, 0.3) is 0 Å². The first-order chi connectivity index (χ1) is 28.7. The number of aliphatic hydroxyl groups is 1. The van der Waals surface area contributed by atoms with E-state index in [4.69, 9.17) is 4.74 Å². The number of piperidine rings is 1. The van der Waals surface area contributed by atoms with Crippen molar-refractivity contribution in [1.29, 1.82) is 0 Å². The molecule has 3 amide bonds. The van der Waals surface area contributed by atoms with Crippen molar-refractivity contribution in [3.05, 3.63) is 102 Å². The van der Waals surface area contributed by atoms with E-state index in [1.165, 1.54) is 4.90 Å². The number of aryl methyl sites for hydroxylation is 1. The summed E-state index contributed by atoms with van der Waals surface area (Å²) in [6.45, 7) is 10.9. The monoisotopic (exact) mass is 831 g/mol. The number of ether oxygens (including phenoxy) is 1. The summed E-state index contributed by atoms with van der Waals surface area (Å²) in [6, 6.07) is 22.6. The van der Waals surface area contributed by atoms with Gasteiger partial charge in [-0.05, 0) is 79.1 Å². The Morgan fingerprint density at radius 1 is 0.950 bits per heavy atom. The Morgan fingerprint density at radius 3 is 2.32 bits per heavy atom. The Labute approximate surface area is 354 Å². The van der Waals surface area contributed by atoms with Gasteiger partial charge in [-0.2, -0.15) is 10.2 Å². The van der Waals surface area contributed by atoms with E-state index < -0.39 is 29.5 Å². The van der Waals surface area contributed by atoms with Gasteiger partial charge in [-0.1, -0.05) is 69.3 Å². The normalized spacial score (nSPS) is 18.5. The van der Waals surface area contributed by atoms with Gasteiger partial charge in [0.1, 0.15) is 29.7 Å². The summed E-state index contributed by atoms with van der Waals surface area (Å²) in [5.41, 5.74) is 7.10. The number of aromatic hydroxyl groups is 1. The number of hydrogen-bond donors (Lipinski definition) is 4. The number of carbonyl (C=O) groups excluding carboxylic acids is 3. The van der Waals surface area contributed by atoms with Gasteiger partial charge in [0.05, 0.1) is 46.7 Å². The molecule has 0 saturated carbocycles. The second-order valence-electron chi connectivity index (χ2n) is 16.8. The molecular formula is C46H53N7O6S. The average Bonchev–Trinajstić information content (AvgIpc) is 3.85. The summed E-state index contributed by atoms with van der Waals surface area (Å²) in [4.78, 5) is 50.3. The highest BCUT2D eigenvalue weighted by atomic mass is 32.1. The number of phenolic OH excluding ortho intramolecular Hbond substituents is 1. The molecule has 0 spiro atoms. The lowest BCUT2D eigenvalue weighted by atomic mass is 9.85. The van der Waals surface area contributed by atoms with Gasteiger partial charge in [0, 0.05) is 37.2 Å². The number of aromatic nitrogens is 3. The zero-order valence-corrected chi connectivity index (χ0v) is 35.5. The highest BCUT2D eigenvalue weighted by Crippen LogP contribution is 2.32. The van der Waals surface area contributed by atoms with Crippen molar-refractivity contribution >= 4 is 29.1 Å². The third kappa shape index (κ3) is 10.0. The summed E-state index contributed by atoms with van der Waals surface area (Å²) in [6.07, 6.45) is 2.38. The molecule has 2 aromatic heterocycles. The third-order valence-corrected chi connectivity index (χ3v) is 12.3. The van der Waals surface area contributed by atoms with Crippen molar-refractivity contribution in [2.75, 3.05) is 26.2 Å². The minimum atomic E-state index is -0.908. The molecule has 2 fully saturated rings. The summed E-state index contributed by atoms with van der Waals surface area (Å²) < 4.78 is 6.32. The zero-order chi connectivity index (χ0) is 42.6. The minimum Gasteiger partial charge on any atom is -0.507 e. The minimum absolute atomic E-state index is 0.00834. The van der Waals surface area contributed by atoms with Crippen molar-refractivity contribution in [1.82, 2.24) is 35.6 Å². The highest BCUT2D eigenvalue weighted by Gasteiger charge is 2.45. The molecule has 4 heterocycles. The van der Waals surface area contributed by atoms with Crippen molar-refractivity contribution in [3.8, 4) is 44.3 Å². The highest BCUT2D eigenvalue weighted by molar-refractivity contribution is 7.13. The summed E-state index contributed by atoms with van der Waals surface area (Å²) in [5, 5.41) is 35.3. The zero-order valence-electron chi connectivity index (χ0n) is 34.7. The Kier molecular flexibility index (Phi) is 12.9. The lowest BCUT2D eigenvalue weighted by molar-refractivity contribution is -0.144. The van der Waals surface area contributed by atoms with E-state index in [0.29, 0.717) is 24.3 Å². The molecule has 7 rings (SSSR count). The maximum absolute atomic E-state index is 14.2. The SMILES string of the molecule is Cc1ncsc1-c1ccc(C(C)NC(=O)[C@@H]2C[C@@H](O)CN2C(=O)C(NC(=O)CN2CCC(Oc3ccc(-c4cnnc(-c5ccccc5O)c4)cc3)CC2)C(C)(C)C)cc1. The van der Waals surface area contributed by atoms with Crippen LogP contribution in [0.2, 0.25) is 0 Å². The quantitative estimate of drug-likeness (QED) is 0.114. The number of hydrogen-bond acceptors (Lipinski definition) is 11. The van der Waals surface area contributed by atoms with Crippen LogP contribution in [-0.4, -0.2) is 103 Å². The topological polar surface area (TPSA) is 170 Å². The van der Waals surface area contributed by atoms with E-state index in [2.05, 4.69) is 30.7 Å². The Bertz CT molecular complexity index is 2290. The molecule has 2 aliphatic rings. The predicted molar refractivity (Wildman–Crippen MR) is 231 cm³/mol. The number of benzene rings is 3. The first-order valence-corrected chi connectivity index (χ1v) is 21.3. The number of nitrogens with zero attached hydrogens (tertiary/aromatic N) is 5. The first-order valence-electron chi connectivity index (χ1n) is 20.4. The molecule has 314 valence electrons. The maximum atomic E-state index is 14.2. The Balaban J connectivity index is 0.902. The molecule has 13 nitrogen and oxygen atoms in total. The van der Waals surface area contributed by atoms with Gasteiger partial charge in [-0.15, -0.1) is 11.3 Å². The average molecular weight is 832 g/mol. The molecule has 2 unspecified atom stereocenters. The second kappa shape index (κ2) is 18.3. The van der Waals surface area contributed by atoms with E-state index >= 15 is 0 Å². The molecular weight excluding hydrogens is 779 g/mol. The van der Waals surface area contributed by atoms with E-state index in [1.807, 2.05) is 101 Å². The molecule has 0 aliphatic carbocycles. The van der Waals surface area contributed by atoms with Crippen LogP contribution < -0.4 is 15.4 Å². The van der Waals surface area contributed by atoms with Crippen LogP contribution >= 0.6 is 11.3 Å². The van der Waals surface area contributed by atoms with Gasteiger partial charge in [0.2, 0.25) is 17.7 Å². The largest absolute Gasteiger partial charge is 0.507 e. The Hall–Kier alpha value is -5.70. The van der Waals surface area contributed by atoms with Crippen LogP contribution in [0.25, 0.3) is 32.8 Å². The summed E-state index contributed by atoms with van der Waals surface area (Å²) in [5.74, 6) is -0.125. The number of likely N-dealkylation sites (tertiary alicyclic amines) is 2. The molecule has 4 N–H and O–H groups in total. The number of carbonyl (C=O) groups is 3.